The molecule has 2 nitrogen and oxygen atoms in total. The molecular weight excluding hydrogens is 176 g/mol. The van der Waals surface area contributed by atoms with Gasteiger partial charge in [-0.2, -0.15) is 0 Å². The fourth-order valence-electron chi connectivity index (χ4n) is 1.16. The molecule has 0 aromatic heterocycles. The molecule has 0 aliphatic carbocycles. The number of benzene rings is 1. The third-order valence-electron chi connectivity index (χ3n) is 1.99. The zero-order valence-corrected chi connectivity index (χ0v) is 8.23. The number of carbonyl (C=O) groups is 1. The Kier molecular flexibility index (Phi) is 3.92. The van der Waals surface area contributed by atoms with Crippen LogP contribution in [0.5, 0.6) is 0 Å². The van der Waals surface area contributed by atoms with Gasteiger partial charge in [-0.25, -0.2) is 0 Å². The maximum absolute atomic E-state index is 10.2. The smallest absolute Gasteiger partial charge is 0.307 e. The summed E-state index contributed by atoms with van der Waals surface area (Å²) in [5, 5.41) is 8.42. The lowest BCUT2D eigenvalue weighted by molar-refractivity contribution is -0.135. The molecule has 0 saturated heterocycles. The molecule has 1 rings (SSSR count). The lowest BCUT2D eigenvalue weighted by Gasteiger charge is -1.96. The molecule has 74 valence electrons. The van der Waals surface area contributed by atoms with Crippen molar-refractivity contribution in [3.63, 3.8) is 0 Å². The number of rotatable bonds is 4. The van der Waals surface area contributed by atoms with E-state index in [-0.39, 0.29) is 6.42 Å². The Hall–Kier alpha value is -1.57. The number of carboxylic acid groups (broad SMARTS) is 1. The largest absolute Gasteiger partial charge is 0.481 e. The minimum atomic E-state index is -0.800. The van der Waals surface area contributed by atoms with Gasteiger partial charge in [0.05, 0.1) is 6.42 Å². The molecule has 0 heterocycles. The van der Waals surface area contributed by atoms with E-state index in [0.29, 0.717) is 0 Å². The van der Waals surface area contributed by atoms with Crippen LogP contribution in [-0.4, -0.2) is 11.1 Å². The summed E-state index contributed by atoms with van der Waals surface area (Å²) in [5.74, 6) is -0.800. The Morgan fingerprint density at radius 2 is 2.00 bits per heavy atom. The van der Waals surface area contributed by atoms with Crippen molar-refractivity contribution in [3.8, 4) is 0 Å². The second-order valence-electron chi connectivity index (χ2n) is 3.10. The zero-order valence-electron chi connectivity index (χ0n) is 8.23. The molecule has 0 atom stereocenters. The molecular formula is C12H14O2. The lowest BCUT2D eigenvalue weighted by atomic mass is 10.1. The molecule has 14 heavy (non-hydrogen) atoms. The molecule has 0 bridgehead atoms. The predicted octanol–water partition coefficient (Wildman–Crippen LogP) is 2.74. The van der Waals surface area contributed by atoms with Crippen molar-refractivity contribution >= 4 is 12.0 Å². The Morgan fingerprint density at radius 3 is 2.50 bits per heavy atom. The molecule has 0 radical (unpaired) electrons. The molecule has 0 aliphatic heterocycles. The second kappa shape index (κ2) is 5.22. The maximum atomic E-state index is 10.2. The molecule has 0 amide bonds. The van der Waals surface area contributed by atoms with Gasteiger partial charge in [-0.05, 0) is 17.5 Å². The summed E-state index contributed by atoms with van der Waals surface area (Å²) in [6.45, 7) is 2.11. The quantitative estimate of drug-likeness (QED) is 0.792. The minimum Gasteiger partial charge on any atom is -0.481 e. The van der Waals surface area contributed by atoms with E-state index in [1.54, 1.807) is 6.08 Å². The van der Waals surface area contributed by atoms with Crippen LogP contribution in [0, 0.1) is 0 Å². The van der Waals surface area contributed by atoms with Gasteiger partial charge >= 0.3 is 5.97 Å². The van der Waals surface area contributed by atoms with Crippen molar-refractivity contribution in [2.75, 3.05) is 0 Å². The summed E-state index contributed by atoms with van der Waals surface area (Å²) < 4.78 is 0. The van der Waals surface area contributed by atoms with E-state index in [2.05, 4.69) is 19.1 Å². The molecule has 1 aromatic carbocycles. The van der Waals surface area contributed by atoms with Gasteiger partial charge in [0.1, 0.15) is 0 Å². The van der Waals surface area contributed by atoms with Gasteiger partial charge in [0.25, 0.3) is 0 Å². The topological polar surface area (TPSA) is 37.3 Å². The van der Waals surface area contributed by atoms with Crippen LogP contribution in [0.25, 0.3) is 6.08 Å². The Balaban J connectivity index is 2.59. The second-order valence-corrected chi connectivity index (χ2v) is 3.10. The van der Waals surface area contributed by atoms with E-state index in [9.17, 15) is 4.79 Å². The Morgan fingerprint density at radius 1 is 1.36 bits per heavy atom. The summed E-state index contributed by atoms with van der Waals surface area (Å²) in [7, 11) is 0. The average Bonchev–Trinajstić information content (AvgIpc) is 2.18. The van der Waals surface area contributed by atoms with Crippen LogP contribution >= 0.6 is 0 Å². The number of hydrogen-bond donors (Lipinski definition) is 1. The molecule has 0 saturated carbocycles. The van der Waals surface area contributed by atoms with Gasteiger partial charge in [-0.15, -0.1) is 0 Å². The van der Waals surface area contributed by atoms with Gasteiger partial charge in [0.15, 0.2) is 0 Å². The highest BCUT2D eigenvalue weighted by atomic mass is 16.4. The fourth-order valence-corrected chi connectivity index (χ4v) is 1.16. The van der Waals surface area contributed by atoms with Gasteiger partial charge < -0.3 is 5.11 Å². The van der Waals surface area contributed by atoms with Gasteiger partial charge in [-0.3, -0.25) is 4.79 Å². The standard InChI is InChI=1S/C12H14O2/c1-2-10-6-8-11(9-7-10)4-3-5-12(13)14/h3-4,6-9H,2,5H2,1H3,(H,13,14). The molecule has 0 spiro atoms. The van der Waals surface area contributed by atoms with E-state index in [1.165, 1.54) is 5.56 Å². The summed E-state index contributed by atoms with van der Waals surface area (Å²) in [4.78, 5) is 10.2. The van der Waals surface area contributed by atoms with Crippen molar-refractivity contribution in [2.45, 2.75) is 19.8 Å². The van der Waals surface area contributed by atoms with E-state index in [1.807, 2.05) is 18.2 Å². The van der Waals surface area contributed by atoms with Crippen molar-refractivity contribution in [2.24, 2.45) is 0 Å². The minimum absolute atomic E-state index is 0.0789. The number of hydrogen-bond acceptors (Lipinski definition) is 1. The molecule has 0 unspecified atom stereocenters. The fraction of sp³-hybridized carbons (Fsp3) is 0.250. The van der Waals surface area contributed by atoms with E-state index < -0.39 is 5.97 Å². The average molecular weight is 190 g/mol. The first kappa shape index (κ1) is 10.5. The monoisotopic (exact) mass is 190 g/mol. The van der Waals surface area contributed by atoms with Crippen molar-refractivity contribution < 1.29 is 9.90 Å². The zero-order chi connectivity index (χ0) is 10.4. The molecule has 0 aliphatic rings. The maximum Gasteiger partial charge on any atom is 0.307 e. The molecule has 0 fully saturated rings. The van der Waals surface area contributed by atoms with Crippen LogP contribution in [0.1, 0.15) is 24.5 Å². The summed E-state index contributed by atoms with van der Waals surface area (Å²) in [6.07, 6.45) is 4.59. The van der Waals surface area contributed by atoms with Crippen LogP contribution < -0.4 is 0 Å². The van der Waals surface area contributed by atoms with Gasteiger partial charge in [0.2, 0.25) is 0 Å². The third-order valence-corrected chi connectivity index (χ3v) is 1.99. The highest BCUT2D eigenvalue weighted by Gasteiger charge is 1.91. The SMILES string of the molecule is CCc1ccc(C=CCC(=O)O)cc1. The van der Waals surface area contributed by atoms with E-state index >= 15 is 0 Å². The molecule has 1 aromatic rings. The lowest BCUT2D eigenvalue weighted by Crippen LogP contribution is -1.89. The summed E-state index contributed by atoms with van der Waals surface area (Å²) >= 11 is 0. The van der Waals surface area contributed by atoms with Crippen molar-refractivity contribution in [3.05, 3.63) is 41.5 Å². The van der Waals surface area contributed by atoms with Crippen LogP contribution in [0.2, 0.25) is 0 Å². The molecule has 2 heteroatoms. The van der Waals surface area contributed by atoms with Crippen molar-refractivity contribution in [1.82, 2.24) is 0 Å². The highest BCUT2D eigenvalue weighted by molar-refractivity contribution is 5.70. The van der Waals surface area contributed by atoms with Crippen LogP contribution in [-0.2, 0) is 11.2 Å². The van der Waals surface area contributed by atoms with Crippen molar-refractivity contribution in [1.29, 1.82) is 0 Å². The Labute approximate surface area is 83.9 Å². The predicted molar refractivity (Wildman–Crippen MR) is 57.1 cm³/mol. The first-order chi connectivity index (χ1) is 6.72. The third kappa shape index (κ3) is 3.44. The van der Waals surface area contributed by atoms with Gasteiger partial charge in [0, 0.05) is 0 Å². The number of aliphatic carboxylic acids is 1. The first-order valence-electron chi connectivity index (χ1n) is 4.69. The van der Waals surface area contributed by atoms with Crippen LogP contribution in [0.15, 0.2) is 30.3 Å². The number of carboxylic acids is 1. The van der Waals surface area contributed by atoms with E-state index in [0.717, 1.165) is 12.0 Å². The summed E-state index contributed by atoms with van der Waals surface area (Å²) in [6, 6.07) is 8.11. The van der Waals surface area contributed by atoms with Gasteiger partial charge in [-0.1, -0.05) is 43.3 Å². The van der Waals surface area contributed by atoms with Crippen LogP contribution in [0.4, 0.5) is 0 Å². The summed E-state index contributed by atoms with van der Waals surface area (Å²) in [5.41, 5.74) is 2.34. The highest BCUT2D eigenvalue weighted by Crippen LogP contribution is 2.06. The normalized spacial score (nSPS) is 10.6. The number of aryl methyl sites for hydroxylation is 1. The Bertz CT molecular complexity index is 323. The first-order valence-corrected chi connectivity index (χ1v) is 4.69. The molecule has 1 N–H and O–H groups in total. The van der Waals surface area contributed by atoms with E-state index in [4.69, 9.17) is 5.11 Å². The van der Waals surface area contributed by atoms with Crippen LogP contribution in [0.3, 0.4) is 0 Å².